The minimum Gasteiger partial charge on any atom is -0.376 e. The Kier molecular flexibility index (Phi) is 5.46. The van der Waals surface area contributed by atoms with Gasteiger partial charge in [0.1, 0.15) is 0 Å². The molecule has 0 atom stereocenters. The topological polar surface area (TPSA) is 99.3 Å². The number of anilines is 3. The molecule has 0 bridgehead atoms. The number of rotatable bonds is 8. The minimum absolute atomic E-state index is 0.0619. The Morgan fingerprint density at radius 3 is 2.21 bits per heavy atom. The number of amides is 3. The Labute approximate surface area is 169 Å². The average Bonchev–Trinajstić information content (AvgIpc) is 3.62. The molecule has 150 valence electrons. The minimum atomic E-state index is -0.247. The molecule has 7 nitrogen and oxygen atoms in total. The first-order chi connectivity index (χ1) is 14.1. The average molecular weight is 392 g/mol. The molecule has 4 rings (SSSR count). The monoisotopic (exact) mass is 392 g/mol. The van der Waals surface area contributed by atoms with Gasteiger partial charge < -0.3 is 21.3 Å². The Bertz CT molecular complexity index is 918. The molecular formula is C22H24N4O3. The van der Waals surface area contributed by atoms with Crippen molar-refractivity contribution in [2.75, 3.05) is 22.5 Å². The summed E-state index contributed by atoms with van der Waals surface area (Å²) in [6, 6.07) is 14.5. The van der Waals surface area contributed by atoms with Gasteiger partial charge in [-0.25, -0.2) is 0 Å². The van der Waals surface area contributed by atoms with Crippen LogP contribution in [0, 0.1) is 5.92 Å². The van der Waals surface area contributed by atoms with Crippen LogP contribution in [-0.4, -0.2) is 30.3 Å². The van der Waals surface area contributed by atoms with Gasteiger partial charge in [0.2, 0.25) is 11.8 Å². The summed E-state index contributed by atoms with van der Waals surface area (Å²) in [5.74, 6) is -0.191. The number of nitrogens with one attached hydrogen (secondary N) is 4. The van der Waals surface area contributed by atoms with E-state index in [0.717, 1.165) is 37.1 Å². The van der Waals surface area contributed by atoms with Crippen LogP contribution in [0.3, 0.4) is 0 Å². The highest BCUT2D eigenvalue weighted by Crippen LogP contribution is 2.30. The van der Waals surface area contributed by atoms with Gasteiger partial charge in [-0.1, -0.05) is 12.1 Å². The third kappa shape index (κ3) is 5.34. The van der Waals surface area contributed by atoms with Crippen molar-refractivity contribution < 1.29 is 14.4 Å². The summed E-state index contributed by atoms with van der Waals surface area (Å²) < 4.78 is 0. The number of hydrogen-bond acceptors (Lipinski definition) is 4. The molecule has 0 aliphatic heterocycles. The first-order valence-electron chi connectivity index (χ1n) is 9.93. The highest BCUT2D eigenvalue weighted by atomic mass is 16.2. The standard InChI is InChI=1S/C22H24N4O3/c27-20(26-19-4-2-1-3-18(19)22(29)25-17-11-12-17)13-23-15-7-9-16(10-8-15)24-21(28)14-5-6-14/h1-4,7-10,14,17,23H,5-6,11-13H2,(H,24,28)(H,25,29)(H,26,27). The lowest BCUT2D eigenvalue weighted by Crippen LogP contribution is -2.28. The SMILES string of the molecule is O=C(CNc1ccc(NC(=O)C2CC2)cc1)Nc1ccccc1C(=O)NC1CC1. The molecule has 2 aliphatic rings. The van der Waals surface area contributed by atoms with E-state index in [9.17, 15) is 14.4 Å². The smallest absolute Gasteiger partial charge is 0.253 e. The lowest BCUT2D eigenvalue weighted by Gasteiger charge is -2.12. The van der Waals surface area contributed by atoms with Crippen LogP contribution in [-0.2, 0) is 9.59 Å². The fourth-order valence-corrected chi connectivity index (χ4v) is 2.92. The summed E-state index contributed by atoms with van der Waals surface area (Å²) in [5, 5.41) is 11.7. The molecular weight excluding hydrogens is 368 g/mol. The van der Waals surface area contributed by atoms with E-state index in [0.29, 0.717) is 11.3 Å². The normalized spacial score (nSPS) is 15.3. The van der Waals surface area contributed by atoms with Gasteiger partial charge in [-0.05, 0) is 62.1 Å². The molecule has 29 heavy (non-hydrogen) atoms. The van der Waals surface area contributed by atoms with Crippen LogP contribution in [0.15, 0.2) is 48.5 Å². The van der Waals surface area contributed by atoms with Crippen molar-refractivity contribution in [3.63, 3.8) is 0 Å². The van der Waals surface area contributed by atoms with E-state index >= 15 is 0 Å². The molecule has 0 aromatic heterocycles. The lowest BCUT2D eigenvalue weighted by molar-refractivity contribution is -0.117. The number of benzene rings is 2. The van der Waals surface area contributed by atoms with Crippen LogP contribution in [0.2, 0.25) is 0 Å². The summed E-state index contributed by atoms with van der Waals surface area (Å²) in [6.45, 7) is 0.0619. The van der Waals surface area contributed by atoms with Gasteiger partial charge in [0, 0.05) is 23.3 Å². The molecule has 4 N–H and O–H groups in total. The highest BCUT2D eigenvalue weighted by Gasteiger charge is 2.29. The second kappa shape index (κ2) is 8.34. The first kappa shape index (κ1) is 19.0. The zero-order valence-corrected chi connectivity index (χ0v) is 16.0. The van der Waals surface area contributed by atoms with Crippen molar-refractivity contribution in [1.29, 1.82) is 0 Å². The van der Waals surface area contributed by atoms with Gasteiger partial charge in [-0.15, -0.1) is 0 Å². The molecule has 7 heteroatoms. The predicted molar refractivity (Wildman–Crippen MR) is 112 cm³/mol. The summed E-state index contributed by atoms with van der Waals surface area (Å²) in [5.41, 5.74) is 2.47. The van der Waals surface area contributed by atoms with Crippen molar-refractivity contribution in [3.05, 3.63) is 54.1 Å². The van der Waals surface area contributed by atoms with Crippen LogP contribution in [0.5, 0.6) is 0 Å². The van der Waals surface area contributed by atoms with Gasteiger partial charge >= 0.3 is 0 Å². The quantitative estimate of drug-likeness (QED) is 0.555. The highest BCUT2D eigenvalue weighted by molar-refractivity contribution is 6.04. The Morgan fingerprint density at radius 1 is 0.828 bits per heavy atom. The number of carbonyl (C=O) groups is 3. The van der Waals surface area contributed by atoms with Crippen LogP contribution >= 0.6 is 0 Å². The summed E-state index contributed by atoms with van der Waals surface area (Å²) in [7, 11) is 0. The summed E-state index contributed by atoms with van der Waals surface area (Å²) in [4.78, 5) is 36.4. The Morgan fingerprint density at radius 2 is 1.52 bits per heavy atom. The van der Waals surface area contributed by atoms with Crippen molar-refractivity contribution in [2.24, 2.45) is 5.92 Å². The fraction of sp³-hybridized carbons (Fsp3) is 0.318. The fourth-order valence-electron chi connectivity index (χ4n) is 2.92. The van der Waals surface area contributed by atoms with Crippen molar-refractivity contribution in [3.8, 4) is 0 Å². The number of hydrogen-bond donors (Lipinski definition) is 4. The van der Waals surface area contributed by atoms with Gasteiger partial charge in [0.15, 0.2) is 0 Å². The molecule has 0 unspecified atom stereocenters. The molecule has 2 aromatic rings. The predicted octanol–water partition coefficient (Wildman–Crippen LogP) is 2.98. The Hall–Kier alpha value is -3.35. The van der Waals surface area contributed by atoms with Crippen molar-refractivity contribution in [2.45, 2.75) is 31.7 Å². The molecule has 2 fully saturated rings. The zero-order valence-electron chi connectivity index (χ0n) is 16.0. The third-order valence-corrected chi connectivity index (χ3v) is 4.91. The summed E-state index contributed by atoms with van der Waals surface area (Å²) in [6.07, 6.45) is 3.94. The van der Waals surface area contributed by atoms with E-state index in [1.807, 2.05) is 12.1 Å². The van der Waals surface area contributed by atoms with E-state index < -0.39 is 0 Å². The molecule has 2 aliphatic carbocycles. The van der Waals surface area contributed by atoms with Crippen molar-refractivity contribution in [1.82, 2.24) is 5.32 Å². The maximum absolute atomic E-state index is 12.3. The van der Waals surface area contributed by atoms with Gasteiger partial charge in [0.25, 0.3) is 5.91 Å². The van der Waals surface area contributed by atoms with E-state index in [1.165, 1.54) is 0 Å². The third-order valence-electron chi connectivity index (χ3n) is 4.91. The zero-order chi connectivity index (χ0) is 20.2. The molecule has 2 aromatic carbocycles. The molecule has 0 heterocycles. The second-order valence-corrected chi connectivity index (χ2v) is 7.54. The second-order valence-electron chi connectivity index (χ2n) is 7.54. The van der Waals surface area contributed by atoms with Crippen LogP contribution in [0.25, 0.3) is 0 Å². The largest absolute Gasteiger partial charge is 0.376 e. The number of para-hydroxylation sites is 1. The van der Waals surface area contributed by atoms with Gasteiger partial charge in [-0.3, -0.25) is 14.4 Å². The first-order valence-corrected chi connectivity index (χ1v) is 9.93. The molecule has 3 amide bonds. The lowest BCUT2D eigenvalue weighted by atomic mass is 10.1. The molecule has 2 saturated carbocycles. The van der Waals surface area contributed by atoms with E-state index in [4.69, 9.17) is 0 Å². The molecule has 0 saturated heterocycles. The van der Waals surface area contributed by atoms with Crippen LogP contribution < -0.4 is 21.3 Å². The van der Waals surface area contributed by atoms with Gasteiger partial charge in [-0.2, -0.15) is 0 Å². The molecule has 0 radical (unpaired) electrons. The number of carbonyl (C=O) groups excluding carboxylic acids is 3. The van der Waals surface area contributed by atoms with Crippen LogP contribution in [0.1, 0.15) is 36.0 Å². The maximum Gasteiger partial charge on any atom is 0.253 e. The van der Waals surface area contributed by atoms with E-state index in [-0.39, 0.29) is 36.2 Å². The molecule has 0 spiro atoms. The summed E-state index contributed by atoms with van der Waals surface area (Å²) >= 11 is 0. The van der Waals surface area contributed by atoms with Crippen LogP contribution in [0.4, 0.5) is 17.1 Å². The van der Waals surface area contributed by atoms with Gasteiger partial charge in [0.05, 0.1) is 17.8 Å². The van der Waals surface area contributed by atoms with E-state index in [2.05, 4.69) is 21.3 Å². The van der Waals surface area contributed by atoms with Crippen molar-refractivity contribution >= 4 is 34.8 Å². The Balaban J connectivity index is 1.28. The van der Waals surface area contributed by atoms with E-state index in [1.54, 1.807) is 36.4 Å². The maximum atomic E-state index is 12.3.